The zero-order valence-electron chi connectivity index (χ0n) is 24.4. The minimum absolute atomic E-state index is 1.03. The maximum Gasteiger partial charge on any atom is 0.00158 e. The quantitative estimate of drug-likeness (QED) is 0.257. The first-order chi connectivity index (χ1) is 18.9. The van der Waals surface area contributed by atoms with Crippen LogP contribution in [0.3, 0.4) is 0 Å². The van der Waals surface area contributed by atoms with Crippen molar-refractivity contribution in [3.63, 3.8) is 0 Å². The van der Waals surface area contributed by atoms with Crippen LogP contribution in [0.25, 0.3) is 5.57 Å². The molecule has 0 spiro atoms. The molecule has 0 amide bonds. The van der Waals surface area contributed by atoms with Crippen LogP contribution in [0, 0.1) is 27.7 Å². The third-order valence-corrected chi connectivity index (χ3v) is 7.42. The molecule has 0 atom stereocenters. The van der Waals surface area contributed by atoms with Crippen LogP contribution in [0.4, 0.5) is 0 Å². The molecule has 1 aliphatic heterocycles. The number of allylic oxidation sites excluding steroid dienone is 2. The van der Waals surface area contributed by atoms with Crippen molar-refractivity contribution in [1.29, 1.82) is 0 Å². The molecular formula is C38H43N. The third-order valence-electron chi connectivity index (χ3n) is 7.42. The molecule has 5 rings (SSSR count). The number of hydrogen-bond donors (Lipinski definition) is 0. The second-order valence-corrected chi connectivity index (χ2v) is 11.1. The predicted molar refractivity (Wildman–Crippen MR) is 169 cm³/mol. The summed E-state index contributed by atoms with van der Waals surface area (Å²) in [6, 6.07) is 35.1. The maximum atomic E-state index is 2.41. The molecule has 0 unspecified atom stereocenters. The zero-order valence-corrected chi connectivity index (χ0v) is 24.4. The fourth-order valence-electron chi connectivity index (χ4n) is 4.94. The van der Waals surface area contributed by atoms with E-state index in [-0.39, 0.29) is 0 Å². The first-order valence-corrected chi connectivity index (χ1v) is 14.2. The average Bonchev–Trinajstić information content (AvgIpc) is 2.93. The van der Waals surface area contributed by atoms with Gasteiger partial charge in [-0.25, -0.2) is 0 Å². The van der Waals surface area contributed by atoms with Crippen LogP contribution in [0.2, 0.25) is 0 Å². The van der Waals surface area contributed by atoms with Crippen molar-refractivity contribution < 1.29 is 0 Å². The molecule has 1 heterocycles. The molecule has 1 heteroatoms. The van der Waals surface area contributed by atoms with Crippen LogP contribution < -0.4 is 0 Å². The van der Waals surface area contributed by atoms with Gasteiger partial charge in [-0.05, 0) is 81.8 Å². The number of aryl methyl sites for hydroxylation is 4. The Balaban J connectivity index is 0.000000202. The predicted octanol–water partition coefficient (Wildman–Crippen LogP) is 9.28. The van der Waals surface area contributed by atoms with E-state index in [1.54, 1.807) is 5.57 Å². The summed E-state index contributed by atoms with van der Waals surface area (Å²) in [4.78, 5) is 2.41. The van der Waals surface area contributed by atoms with Gasteiger partial charge in [-0.3, -0.25) is 0 Å². The summed E-state index contributed by atoms with van der Waals surface area (Å²) in [5.41, 5.74) is 13.5. The van der Waals surface area contributed by atoms with Crippen molar-refractivity contribution in [2.45, 2.75) is 47.0 Å². The summed E-state index contributed by atoms with van der Waals surface area (Å²) in [5, 5.41) is 0. The van der Waals surface area contributed by atoms with Crippen LogP contribution in [-0.4, -0.2) is 25.0 Å². The lowest BCUT2D eigenvalue weighted by molar-refractivity contribution is 0.312. The topological polar surface area (TPSA) is 3.24 Å². The second kappa shape index (κ2) is 13.9. The van der Waals surface area contributed by atoms with Gasteiger partial charge in [0.2, 0.25) is 0 Å². The zero-order chi connectivity index (χ0) is 27.6. The van der Waals surface area contributed by atoms with Crippen molar-refractivity contribution in [3.05, 3.63) is 159 Å². The van der Waals surface area contributed by atoms with Gasteiger partial charge < -0.3 is 4.90 Å². The molecule has 4 aromatic rings. The molecule has 0 bridgehead atoms. The van der Waals surface area contributed by atoms with Crippen LogP contribution >= 0.6 is 0 Å². The Morgan fingerprint density at radius 3 is 1.82 bits per heavy atom. The second-order valence-electron chi connectivity index (χ2n) is 11.1. The van der Waals surface area contributed by atoms with Gasteiger partial charge in [0.25, 0.3) is 0 Å². The molecule has 0 N–H and O–H groups in total. The molecule has 1 saturated heterocycles. The SMILES string of the molecule is Cc1ccc(/C(=C\C=C2CCN(C)CC2)c2cccc(C)c2)cc1.Cc1ccc(Cc2cccc(C)c2)cc1. The van der Waals surface area contributed by atoms with Gasteiger partial charge >= 0.3 is 0 Å². The Kier molecular flexibility index (Phi) is 10.1. The summed E-state index contributed by atoms with van der Waals surface area (Å²) in [6.07, 6.45) is 8.07. The fraction of sp³-hybridized carbons (Fsp3) is 0.263. The van der Waals surface area contributed by atoms with Gasteiger partial charge in [0, 0.05) is 13.1 Å². The standard InChI is InChI=1S/C23H27N.C15H16/c1-18-7-10-21(11-8-18)23(22-6-4-5-19(2)17-22)12-9-20-13-15-24(3)16-14-20;1-12-6-8-14(9-7-12)11-15-5-3-4-13(2)10-15/h4-12,17H,13-16H2,1-3H3;3-10H,11H2,1-2H3/b23-12+;. The van der Waals surface area contributed by atoms with E-state index >= 15 is 0 Å². The summed E-state index contributed by atoms with van der Waals surface area (Å²) < 4.78 is 0. The Labute approximate surface area is 236 Å². The molecule has 1 aliphatic rings. The number of benzene rings is 4. The monoisotopic (exact) mass is 513 g/mol. The highest BCUT2D eigenvalue weighted by Gasteiger charge is 2.10. The molecule has 1 nitrogen and oxygen atoms in total. The molecule has 1 fully saturated rings. The summed E-state index contributed by atoms with van der Waals surface area (Å²) in [7, 11) is 2.21. The Morgan fingerprint density at radius 2 is 1.21 bits per heavy atom. The van der Waals surface area contributed by atoms with E-state index in [9.17, 15) is 0 Å². The number of nitrogens with zero attached hydrogens (tertiary/aromatic N) is 1. The average molecular weight is 514 g/mol. The van der Waals surface area contributed by atoms with Crippen LogP contribution in [0.5, 0.6) is 0 Å². The Bertz CT molecular complexity index is 1390. The fourth-order valence-corrected chi connectivity index (χ4v) is 4.94. The molecule has 39 heavy (non-hydrogen) atoms. The van der Waals surface area contributed by atoms with Crippen molar-refractivity contribution in [1.82, 2.24) is 4.90 Å². The van der Waals surface area contributed by atoms with Crippen molar-refractivity contribution >= 4 is 5.57 Å². The Hall–Kier alpha value is -3.68. The highest BCUT2D eigenvalue weighted by molar-refractivity contribution is 5.81. The smallest absolute Gasteiger partial charge is 0.00158 e. The van der Waals surface area contributed by atoms with Crippen LogP contribution in [-0.2, 0) is 6.42 Å². The first kappa shape index (κ1) is 28.3. The van der Waals surface area contributed by atoms with Crippen LogP contribution in [0.1, 0.15) is 57.3 Å². The van der Waals surface area contributed by atoms with Crippen molar-refractivity contribution in [3.8, 4) is 0 Å². The molecule has 4 aromatic carbocycles. The minimum Gasteiger partial charge on any atom is -0.306 e. The van der Waals surface area contributed by atoms with E-state index in [0.29, 0.717) is 0 Å². The molecular weight excluding hydrogens is 470 g/mol. The van der Waals surface area contributed by atoms with E-state index in [2.05, 4.69) is 149 Å². The van der Waals surface area contributed by atoms with E-state index in [1.807, 2.05) is 0 Å². The molecule has 0 aromatic heterocycles. The number of hydrogen-bond acceptors (Lipinski definition) is 1. The Morgan fingerprint density at radius 1 is 0.615 bits per heavy atom. The van der Waals surface area contributed by atoms with E-state index < -0.39 is 0 Å². The van der Waals surface area contributed by atoms with E-state index in [0.717, 1.165) is 6.42 Å². The van der Waals surface area contributed by atoms with Crippen LogP contribution in [0.15, 0.2) is 115 Å². The van der Waals surface area contributed by atoms with E-state index in [1.165, 1.54) is 76.0 Å². The number of likely N-dealkylation sites (tertiary alicyclic amines) is 1. The first-order valence-electron chi connectivity index (χ1n) is 14.2. The largest absolute Gasteiger partial charge is 0.306 e. The molecule has 0 saturated carbocycles. The van der Waals surface area contributed by atoms with Gasteiger partial charge in [-0.15, -0.1) is 0 Å². The highest BCUT2D eigenvalue weighted by atomic mass is 15.1. The lowest BCUT2D eigenvalue weighted by atomic mass is 9.94. The molecule has 200 valence electrons. The lowest BCUT2D eigenvalue weighted by Crippen LogP contribution is -2.26. The van der Waals surface area contributed by atoms with Gasteiger partial charge in [0.05, 0.1) is 0 Å². The summed E-state index contributed by atoms with van der Waals surface area (Å²) in [5.74, 6) is 0. The van der Waals surface area contributed by atoms with Gasteiger partial charge in [0.15, 0.2) is 0 Å². The lowest BCUT2D eigenvalue weighted by Gasteiger charge is -2.23. The number of piperidine rings is 1. The molecule has 0 aliphatic carbocycles. The van der Waals surface area contributed by atoms with Gasteiger partial charge in [-0.2, -0.15) is 0 Å². The summed E-state index contributed by atoms with van der Waals surface area (Å²) >= 11 is 0. The highest BCUT2D eigenvalue weighted by Crippen LogP contribution is 2.26. The molecule has 0 radical (unpaired) electrons. The van der Waals surface area contributed by atoms with E-state index in [4.69, 9.17) is 0 Å². The number of rotatable bonds is 5. The van der Waals surface area contributed by atoms with Crippen molar-refractivity contribution in [2.75, 3.05) is 20.1 Å². The maximum absolute atomic E-state index is 2.41. The van der Waals surface area contributed by atoms with Gasteiger partial charge in [0.1, 0.15) is 0 Å². The summed E-state index contributed by atoms with van der Waals surface area (Å²) in [6.45, 7) is 10.9. The minimum atomic E-state index is 1.03. The van der Waals surface area contributed by atoms with Gasteiger partial charge in [-0.1, -0.05) is 137 Å². The normalized spacial score (nSPS) is 14.0. The van der Waals surface area contributed by atoms with Crippen molar-refractivity contribution in [2.24, 2.45) is 0 Å². The third kappa shape index (κ3) is 8.94.